The summed E-state index contributed by atoms with van der Waals surface area (Å²) >= 11 is 0. The van der Waals surface area contributed by atoms with Crippen LogP contribution in [0.25, 0.3) is 0 Å². The second-order valence-electron chi connectivity index (χ2n) is 4.83. The fourth-order valence-electron chi connectivity index (χ4n) is 2.16. The smallest absolute Gasteiger partial charge is 0.326 e. The molecule has 1 aromatic heterocycles. The number of aromatic amines is 1. The van der Waals surface area contributed by atoms with Crippen LogP contribution in [0.5, 0.6) is 0 Å². The molecule has 8 nitrogen and oxygen atoms in total. The van der Waals surface area contributed by atoms with Gasteiger partial charge in [-0.1, -0.05) is 0 Å². The van der Waals surface area contributed by atoms with E-state index in [1.807, 2.05) is 0 Å². The summed E-state index contributed by atoms with van der Waals surface area (Å²) < 4.78 is 0. The molecule has 2 heterocycles. The number of anilines is 1. The van der Waals surface area contributed by atoms with Crippen LogP contribution >= 0.6 is 0 Å². The number of carbonyl (C=O) groups is 3. The molecular formula is C12H16N4O4. The minimum absolute atomic E-state index is 0.0840. The Bertz CT molecular complexity index is 528. The van der Waals surface area contributed by atoms with Gasteiger partial charge < -0.3 is 14.9 Å². The van der Waals surface area contributed by atoms with Gasteiger partial charge in [0.05, 0.1) is 17.8 Å². The number of aromatic nitrogens is 2. The monoisotopic (exact) mass is 280 g/mol. The number of carboxylic acids is 1. The fraction of sp³-hybridized carbons (Fsp3) is 0.500. The first-order valence-corrected chi connectivity index (χ1v) is 6.20. The van der Waals surface area contributed by atoms with Crippen molar-refractivity contribution in [3.8, 4) is 0 Å². The molecule has 20 heavy (non-hydrogen) atoms. The van der Waals surface area contributed by atoms with E-state index in [0.717, 1.165) is 0 Å². The van der Waals surface area contributed by atoms with Crippen LogP contribution in [0.15, 0.2) is 12.4 Å². The van der Waals surface area contributed by atoms with E-state index in [4.69, 9.17) is 5.11 Å². The average Bonchev–Trinajstić information content (AvgIpc) is 3.04. The van der Waals surface area contributed by atoms with Gasteiger partial charge in [0.2, 0.25) is 11.8 Å². The number of rotatable bonds is 4. The number of nitrogens with zero attached hydrogens (tertiary/aromatic N) is 3. The van der Waals surface area contributed by atoms with Crippen molar-refractivity contribution in [1.82, 2.24) is 15.1 Å². The maximum atomic E-state index is 12.2. The summed E-state index contributed by atoms with van der Waals surface area (Å²) in [5.41, 5.74) is 0.610. The summed E-state index contributed by atoms with van der Waals surface area (Å²) in [6, 6.07) is -0.916. The van der Waals surface area contributed by atoms with Crippen LogP contribution in [0.2, 0.25) is 0 Å². The van der Waals surface area contributed by atoms with Crippen LogP contribution in [0, 0.1) is 5.92 Å². The van der Waals surface area contributed by atoms with Gasteiger partial charge in [0.1, 0.15) is 6.04 Å². The van der Waals surface area contributed by atoms with Crippen LogP contribution in [0.3, 0.4) is 0 Å². The van der Waals surface area contributed by atoms with Gasteiger partial charge in [0.25, 0.3) is 0 Å². The van der Waals surface area contributed by atoms with Gasteiger partial charge in [-0.15, -0.1) is 0 Å². The molecule has 8 heteroatoms. The zero-order valence-electron chi connectivity index (χ0n) is 11.2. The van der Waals surface area contributed by atoms with Gasteiger partial charge in [-0.05, 0) is 6.92 Å². The van der Waals surface area contributed by atoms with Crippen molar-refractivity contribution in [3.05, 3.63) is 12.4 Å². The van der Waals surface area contributed by atoms with Crippen molar-refractivity contribution in [2.75, 3.05) is 18.5 Å². The van der Waals surface area contributed by atoms with Gasteiger partial charge in [-0.2, -0.15) is 5.10 Å². The van der Waals surface area contributed by atoms with Gasteiger partial charge >= 0.3 is 5.97 Å². The highest BCUT2D eigenvalue weighted by Gasteiger charge is 2.38. The second-order valence-corrected chi connectivity index (χ2v) is 4.83. The van der Waals surface area contributed by atoms with Gasteiger partial charge in [-0.25, -0.2) is 4.79 Å². The molecular weight excluding hydrogens is 264 g/mol. The first-order valence-electron chi connectivity index (χ1n) is 6.20. The number of hydrogen-bond acceptors (Lipinski definition) is 4. The third-order valence-electron chi connectivity index (χ3n) is 3.56. The highest BCUT2D eigenvalue weighted by atomic mass is 16.4. The highest BCUT2D eigenvalue weighted by Crippen LogP contribution is 2.25. The molecule has 0 unspecified atom stereocenters. The molecule has 2 N–H and O–H groups in total. The van der Waals surface area contributed by atoms with E-state index in [2.05, 4.69) is 10.2 Å². The first-order chi connectivity index (χ1) is 9.41. The van der Waals surface area contributed by atoms with Crippen molar-refractivity contribution in [1.29, 1.82) is 0 Å². The van der Waals surface area contributed by atoms with E-state index < -0.39 is 17.9 Å². The van der Waals surface area contributed by atoms with Gasteiger partial charge in [0.15, 0.2) is 0 Å². The lowest BCUT2D eigenvalue weighted by atomic mass is 10.1. The number of likely N-dealkylation sites (N-methyl/N-ethyl adjacent to an activating group) is 1. The van der Waals surface area contributed by atoms with E-state index in [1.54, 1.807) is 6.20 Å². The Morgan fingerprint density at radius 2 is 2.30 bits per heavy atom. The van der Waals surface area contributed by atoms with E-state index in [0.29, 0.717) is 5.69 Å². The lowest BCUT2D eigenvalue weighted by molar-refractivity contribution is -0.149. The topological polar surface area (TPSA) is 107 Å². The zero-order chi connectivity index (χ0) is 14.9. The molecule has 1 fully saturated rings. The Morgan fingerprint density at radius 3 is 2.85 bits per heavy atom. The number of amides is 2. The number of carbonyl (C=O) groups excluding carboxylic acids is 2. The lowest BCUT2D eigenvalue weighted by Gasteiger charge is -2.24. The molecule has 0 aromatic carbocycles. The Kier molecular flexibility index (Phi) is 3.73. The average molecular weight is 280 g/mol. The normalized spacial score (nSPS) is 20.0. The Hall–Kier alpha value is -2.38. The van der Waals surface area contributed by atoms with E-state index >= 15 is 0 Å². The third-order valence-corrected chi connectivity index (χ3v) is 3.56. The van der Waals surface area contributed by atoms with Crippen molar-refractivity contribution >= 4 is 23.5 Å². The summed E-state index contributed by atoms with van der Waals surface area (Å²) in [5.74, 6) is -2.10. The summed E-state index contributed by atoms with van der Waals surface area (Å²) in [4.78, 5) is 37.7. The van der Waals surface area contributed by atoms with E-state index in [9.17, 15) is 14.4 Å². The summed E-state index contributed by atoms with van der Waals surface area (Å²) in [5, 5.41) is 15.3. The maximum absolute atomic E-state index is 12.2. The molecule has 0 spiro atoms. The predicted molar refractivity (Wildman–Crippen MR) is 68.9 cm³/mol. The number of H-pyrrole nitrogens is 1. The van der Waals surface area contributed by atoms with Crippen molar-refractivity contribution in [2.45, 2.75) is 19.4 Å². The first kappa shape index (κ1) is 14.0. The van der Waals surface area contributed by atoms with Crippen molar-refractivity contribution in [3.63, 3.8) is 0 Å². The molecule has 1 aliphatic heterocycles. The third kappa shape index (κ3) is 2.49. The molecule has 2 atom stereocenters. The van der Waals surface area contributed by atoms with E-state index in [-0.39, 0.29) is 24.8 Å². The highest BCUT2D eigenvalue weighted by molar-refractivity contribution is 6.00. The van der Waals surface area contributed by atoms with Gasteiger partial charge in [0, 0.05) is 26.2 Å². The molecule has 0 saturated carbocycles. The van der Waals surface area contributed by atoms with E-state index in [1.165, 1.54) is 30.0 Å². The second kappa shape index (κ2) is 5.32. The predicted octanol–water partition coefficient (Wildman–Crippen LogP) is -0.306. The summed E-state index contributed by atoms with van der Waals surface area (Å²) in [7, 11) is 1.44. The Labute approximate surface area is 115 Å². The van der Waals surface area contributed by atoms with Crippen LogP contribution in [0.4, 0.5) is 5.69 Å². The summed E-state index contributed by atoms with van der Waals surface area (Å²) in [6.45, 7) is 1.68. The molecule has 108 valence electrons. The molecule has 0 radical (unpaired) electrons. The quantitative estimate of drug-likeness (QED) is 0.787. The minimum Gasteiger partial charge on any atom is -0.480 e. The number of hydrogen-bond donors (Lipinski definition) is 2. The fourth-order valence-corrected chi connectivity index (χ4v) is 2.16. The van der Waals surface area contributed by atoms with Crippen molar-refractivity contribution in [2.24, 2.45) is 5.92 Å². The molecule has 1 saturated heterocycles. The maximum Gasteiger partial charge on any atom is 0.326 e. The largest absolute Gasteiger partial charge is 0.480 e. The lowest BCUT2D eigenvalue weighted by Crippen LogP contribution is -2.43. The number of carboxylic acid groups (broad SMARTS) is 1. The zero-order valence-corrected chi connectivity index (χ0v) is 11.2. The number of aliphatic carboxylic acids is 1. The molecule has 2 rings (SSSR count). The number of nitrogens with one attached hydrogen (secondary N) is 1. The molecule has 0 aliphatic carbocycles. The van der Waals surface area contributed by atoms with Gasteiger partial charge in [-0.3, -0.25) is 14.7 Å². The van der Waals surface area contributed by atoms with Crippen LogP contribution in [0.1, 0.15) is 13.3 Å². The standard InChI is InChI=1S/C12H16N4O4/c1-7(12(19)20)15(2)11(18)8-3-10(17)16(6-8)9-4-13-14-5-9/h4-5,7-8H,3,6H2,1-2H3,(H,13,14)(H,19,20)/t7-,8-/m1/s1. The molecule has 1 aliphatic rings. The SMILES string of the molecule is C[C@H](C(=O)O)N(C)C(=O)[C@@H]1CC(=O)N(c2cn[nH]c2)C1. The molecule has 0 bridgehead atoms. The molecule has 1 aromatic rings. The van der Waals surface area contributed by atoms with Crippen LogP contribution in [-0.4, -0.2) is 57.6 Å². The minimum atomic E-state index is -1.07. The Morgan fingerprint density at radius 1 is 1.60 bits per heavy atom. The Balaban J connectivity index is 2.06. The summed E-state index contributed by atoms with van der Waals surface area (Å²) in [6.07, 6.45) is 3.17. The van der Waals surface area contributed by atoms with Crippen molar-refractivity contribution < 1.29 is 19.5 Å². The molecule has 2 amide bonds. The van der Waals surface area contributed by atoms with Crippen LogP contribution < -0.4 is 4.90 Å². The van der Waals surface area contributed by atoms with Crippen LogP contribution in [-0.2, 0) is 14.4 Å².